The fraction of sp³-hybridized carbons (Fsp3) is 0.400. The van der Waals surface area contributed by atoms with Gasteiger partial charge in [-0.2, -0.15) is 5.26 Å². The molecular formula is C20H21N5O2. The summed E-state index contributed by atoms with van der Waals surface area (Å²) >= 11 is 0. The largest absolute Gasteiger partial charge is 0.378 e. The van der Waals surface area contributed by atoms with E-state index >= 15 is 0 Å². The van der Waals surface area contributed by atoms with Gasteiger partial charge in [0.1, 0.15) is 11.3 Å². The highest BCUT2D eigenvalue weighted by atomic mass is 16.5. The lowest BCUT2D eigenvalue weighted by molar-refractivity contribution is -0.119. The van der Waals surface area contributed by atoms with Crippen LogP contribution in [0.3, 0.4) is 0 Å². The Morgan fingerprint density at radius 1 is 1.44 bits per heavy atom. The third-order valence-corrected chi connectivity index (χ3v) is 5.04. The zero-order valence-electron chi connectivity index (χ0n) is 15.4. The van der Waals surface area contributed by atoms with Crippen LogP contribution < -0.4 is 5.32 Å². The predicted molar refractivity (Wildman–Crippen MR) is 101 cm³/mol. The molecule has 7 nitrogen and oxygen atoms in total. The van der Waals surface area contributed by atoms with E-state index in [0.29, 0.717) is 18.7 Å². The molecule has 4 rings (SSSR count). The molecule has 2 aromatic heterocycles. The van der Waals surface area contributed by atoms with Gasteiger partial charge in [0.25, 0.3) is 0 Å². The van der Waals surface area contributed by atoms with Gasteiger partial charge in [-0.1, -0.05) is 0 Å². The van der Waals surface area contributed by atoms with E-state index in [0.717, 1.165) is 40.6 Å². The fourth-order valence-electron chi connectivity index (χ4n) is 3.82. The number of ether oxygens (including phenoxy) is 1. The van der Waals surface area contributed by atoms with Crippen molar-refractivity contribution in [2.24, 2.45) is 0 Å². The minimum Gasteiger partial charge on any atom is -0.378 e. The summed E-state index contributed by atoms with van der Waals surface area (Å²) in [5, 5.41) is 13.1. The van der Waals surface area contributed by atoms with Crippen LogP contribution in [0.15, 0.2) is 24.4 Å². The third-order valence-electron chi connectivity index (χ3n) is 5.04. The first kappa shape index (κ1) is 17.4. The molecule has 7 heteroatoms. The molecule has 0 unspecified atom stereocenters. The minimum atomic E-state index is -0.0938. The second-order valence-corrected chi connectivity index (χ2v) is 7.00. The van der Waals surface area contributed by atoms with Crippen LogP contribution in [0.2, 0.25) is 0 Å². The van der Waals surface area contributed by atoms with E-state index in [4.69, 9.17) is 9.72 Å². The van der Waals surface area contributed by atoms with Crippen LogP contribution in [0.5, 0.6) is 0 Å². The van der Waals surface area contributed by atoms with Crippen molar-refractivity contribution in [3.63, 3.8) is 0 Å². The summed E-state index contributed by atoms with van der Waals surface area (Å²) < 4.78 is 7.94. The van der Waals surface area contributed by atoms with Gasteiger partial charge in [0, 0.05) is 25.0 Å². The Morgan fingerprint density at radius 2 is 2.30 bits per heavy atom. The van der Waals surface area contributed by atoms with Crippen LogP contribution in [0.1, 0.15) is 44.1 Å². The second kappa shape index (κ2) is 6.97. The molecule has 0 spiro atoms. The Bertz CT molecular complexity index is 1070. The molecule has 0 saturated carbocycles. The number of amides is 1. The van der Waals surface area contributed by atoms with Crippen LogP contribution in [0.4, 0.5) is 0 Å². The lowest BCUT2D eigenvalue weighted by atomic mass is 10.0. The number of carbonyl (C=O) groups is 1. The van der Waals surface area contributed by atoms with Gasteiger partial charge in [0.2, 0.25) is 5.91 Å². The van der Waals surface area contributed by atoms with Crippen molar-refractivity contribution in [3.05, 3.63) is 35.8 Å². The van der Waals surface area contributed by atoms with Gasteiger partial charge in [-0.3, -0.25) is 9.78 Å². The first-order valence-electron chi connectivity index (χ1n) is 9.12. The zero-order valence-corrected chi connectivity index (χ0v) is 15.4. The Morgan fingerprint density at radius 3 is 3.04 bits per heavy atom. The Kier molecular flexibility index (Phi) is 4.50. The Labute approximate surface area is 157 Å². The molecule has 1 N–H and O–H groups in total. The summed E-state index contributed by atoms with van der Waals surface area (Å²) in [4.78, 5) is 20.7. The molecule has 1 aliphatic rings. The van der Waals surface area contributed by atoms with Crippen molar-refractivity contribution < 1.29 is 9.53 Å². The number of hydrogen-bond donors (Lipinski definition) is 1. The number of pyridine rings is 1. The number of hydrogen-bond acceptors (Lipinski definition) is 5. The zero-order chi connectivity index (χ0) is 19.0. The summed E-state index contributed by atoms with van der Waals surface area (Å²) in [7, 11) is 0. The molecule has 1 aromatic carbocycles. The quantitative estimate of drug-likeness (QED) is 0.772. The van der Waals surface area contributed by atoms with Gasteiger partial charge < -0.3 is 14.6 Å². The molecule has 0 aliphatic carbocycles. The molecule has 3 aromatic rings. The number of nitriles is 1. The second-order valence-electron chi connectivity index (χ2n) is 7.00. The molecule has 27 heavy (non-hydrogen) atoms. The number of rotatable bonds is 3. The van der Waals surface area contributed by atoms with E-state index in [-0.39, 0.29) is 18.1 Å². The average Bonchev–Trinajstić information content (AvgIpc) is 3.05. The summed E-state index contributed by atoms with van der Waals surface area (Å²) in [6.07, 6.45) is 3.68. The van der Waals surface area contributed by atoms with E-state index in [9.17, 15) is 10.1 Å². The average molecular weight is 363 g/mol. The van der Waals surface area contributed by atoms with Crippen LogP contribution >= 0.6 is 0 Å². The van der Waals surface area contributed by atoms with Crippen molar-refractivity contribution in [1.82, 2.24) is 19.9 Å². The monoisotopic (exact) mass is 363 g/mol. The predicted octanol–water partition coefficient (Wildman–Crippen LogP) is 2.83. The van der Waals surface area contributed by atoms with Gasteiger partial charge in [0.15, 0.2) is 0 Å². The third kappa shape index (κ3) is 3.24. The lowest BCUT2D eigenvalue weighted by Gasteiger charge is -2.30. The SMILES string of the molecule is CC(=O)NCc1nc2cnc3ccc(C#N)cc3c2n1[C@@H]1CCO[C@H](C)C1. The molecule has 138 valence electrons. The summed E-state index contributed by atoms with van der Waals surface area (Å²) in [5.74, 6) is 0.708. The Hall–Kier alpha value is -2.98. The van der Waals surface area contributed by atoms with E-state index in [1.165, 1.54) is 6.92 Å². The number of nitrogens with one attached hydrogen (secondary N) is 1. The van der Waals surface area contributed by atoms with Crippen molar-refractivity contribution in [3.8, 4) is 6.07 Å². The molecular weight excluding hydrogens is 342 g/mol. The van der Waals surface area contributed by atoms with Crippen LogP contribution in [-0.2, 0) is 16.1 Å². The van der Waals surface area contributed by atoms with Gasteiger partial charge >= 0.3 is 0 Å². The highest BCUT2D eigenvalue weighted by molar-refractivity contribution is 6.02. The van der Waals surface area contributed by atoms with Gasteiger partial charge in [-0.15, -0.1) is 0 Å². The van der Waals surface area contributed by atoms with E-state index < -0.39 is 0 Å². The number of carbonyl (C=O) groups excluding carboxylic acids is 1. The van der Waals surface area contributed by atoms with Gasteiger partial charge in [-0.05, 0) is 38.0 Å². The van der Waals surface area contributed by atoms with E-state index in [1.807, 2.05) is 12.1 Å². The lowest BCUT2D eigenvalue weighted by Crippen LogP contribution is -2.28. The highest BCUT2D eigenvalue weighted by Crippen LogP contribution is 2.33. The summed E-state index contributed by atoms with van der Waals surface area (Å²) in [6, 6.07) is 7.93. The molecule has 1 saturated heterocycles. The van der Waals surface area contributed by atoms with Crippen LogP contribution in [-0.4, -0.2) is 33.2 Å². The number of benzene rings is 1. The van der Waals surface area contributed by atoms with E-state index in [2.05, 4.69) is 27.9 Å². The van der Waals surface area contributed by atoms with Crippen LogP contribution in [0, 0.1) is 11.3 Å². The number of fused-ring (bicyclic) bond motifs is 3. The molecule has 1 amide bonds. The van der Waals surface area contributed by atoms with Crippen molar-refractivity contribution in [1.29, 1.82) is 5.26 Å². The standard InChI is InChI=1S/C20H21N5O2/c1-12-7-15(5-6-27-12)25-19(11-22-13(2)26)24-18-10-23-17-4-3-14(9-21)8-16(17)20(18)25/h3-4,8,10,12,15H,5-7,11H2,1-2H3,(H,22,26)/t12-,15-/m1/s1. The van der Waals surface area contributed by atoms with Gasteiger partial charge in [0.05, 0.1) is 41.5 Å². The smallest absolute Gasteiger partial charge is 0.217 e. The van der Waals surface area contributed by atoms with Gasteiger partial charge in [-0.25, -0.2) is 4.98 Å². The number of aromatic nitrogens is 3. The molecule has 1 aliphatic heterocycles. The molecule has 2 atom stereocenters. The maximum absolute atomic E-state index is 11.5. The van der Waals surface area contributed by atoms with Crippen molar-refractivity contribution in [2.45, 2.75) is 45.4 Å². The molecule has 0 radical (unpaired) electrons. The maximum atomic E-state index is 11.5. The highest BCUT2D eigenvalue weighted by Gasteiger charge is 2.26. The first-order valence-corrected chi connectivity index (χ1v) is 9.12. The van der Waals surface area contributed by atoms with Crippen molar-refractivity contribution >= 4 is 27.8 Å². The van der Waals surface area contributed by atoms with E-state index in [1.54, 1.807) is 12.3 Å². The maximum Gasteiger partial charge on any atom is 0.217 e. The normalized spacial score (nSPS) is 19.9. The molecule has 1 fully saturated rings. The number of nitrogens with zero attached hydrogens (tertiary/aromatic N) is 4. The molecule has 3 heterocycles. The Balaban J connectivity index is 1.96. The van der Waals surface area contributed by atoms with Crippen molar-refractivity contribution in [2.75, 3.05) is 6.61 Å². The van der Waals surface area contributed by atoms with Crippen LogP contribution in [0.25, 0.3) is 21.9 Å². The minimum absolute atomic E-state index is 0.0938. The first-order chi connectivity index (χ1) is 13.1. The summed E-state index contributed by atoms with van der Waals surface area (Å²) in [5.41, 5.74) is 3.16. The topological polar surface area (TPSA) is 92.8 Å². The molecule has 0 bridgehead atoms. The number of imidazole rings is 1. The fourth-order valence-corrected chi connectivity index (χ4v) is 3.82. The summed E-state index contributed by atoms with van der Waals surface area (Å²) in [6.45, 7) is 4.62.